The van der Waals surface area contributed by atoms with Crippen LogP contribution in [0.15, 0.2) is 0 Å². The van der Waals surface area contributed by atoms with Gasteiger partial charge in [0.1, 0.15) is 6.04 Å². The molecule has 1 rings (SSSR count). The highest BCUT2D eigenvalue weighted by molar-refractivity contribution is 5.83. The first-order valence-corrected chi connectivity index (χ1v) is 6.73. The minimum Gasteiger partial charge on any atom is -0.480 e. The van der Waals surface area contributed by atoms with Crippen LogP contribution >= 0.6 is 0 Å². The van der Waals surface area contributed by atoms with Crippen molar-refractivity contribution in [3.05, 3.63) is 0 Å². The SMILES string of the molecule is COC(=O)CC[C@@H](NC(=O)N1CCOCC1(C)C)C(=O)O. The second kappa shape index (κ2) is 7.26. The summed E-state index contributed by atoms with van der Waals surface area (Å²) in [6, 6.07) is -1.60. The Kier molecular flexibility index (Phi) is 5.95. The molecule has 1 heterocycles. The number of hydrogen-bond donors (Lipinski definition) is 2. The third-order valence-electron chi connectivity index (χ3n) is 3.35. The molecule has 1 atom stereocenters. The van der Waals surface area contributed by atoms with Crippen LogP contribution in [0.3, 0.4) is 0 Å². The van der Waals surface area contributed by atoms with Gasteiger partial charge in [-0.15, -0.1) is 0 Å². The van der Waals surface area contributed by atoms with Crippen molar-refractivity contribution in [2.45, 2.75) is 38.3 Å². The summed E-state index contributed by atoms with van der Waals surface area (Å²) >= 11 is 0. The predicted octanol–water partition coefficient (Wildman–Crippen LogP) is 0.213. The van der Waals surface area contributed by atoms with Crippen molar-refractivity contribution in [2.75, 3.05) is 26.9 Å². The lowest BCUT2D eigenvalue weighted by Crippen LogP contribution is -2.60. The number of rotatable bonds is 5. The number of amides is 2. The van der Waals surface area contributed by atoms with Gasteiger partial charge in [-0.3, -0.25) is 4.79 Å². The number of nitrogens with one attached hydrogen (secondary N) is 1. The van der Waals surface area contributed by atoms with Crippen LogP contribution in [0.5, 0.6) is 0 Å². The molecule has 0 bridgehead atoms. The molecule has 1 aliphatic heterocycles. The van der Waals surface area contributed by atoms with Crippen LogP contribution in [0.4, 0.5) is 4.79 Å². The summed E-state index contributed by atoms with van der Waals surface area (Å²) in [4.78, 5) is 36.0. The molecule has 0 aromatic carbocycles. The molecule has 0 saturated carbocycles. The van der Waals surface area contributed by atoms with Gasteiger partial charge in [-0.25, -0.2) is 9.59 Å². The number of urea groups is 1. The summed E-state index contributed by atoms with van der Waals surface area (Å²) in [5, 5.41) is 11.6. The van der Waals surface area contributed by atoms with Crippen molar-refractivity contribution < 1.29 is 29.0 Å². The molecule has 0 aliphatic carbocycles. The molecule has 1 saturated heterocycles. The molecule has 0 spiro atoms. The molecular formula is C13H22N2O6. The number of nitrogens with zero attached hydrogens (tertiary/aromatic N) is 1. The van der Waals surface area contributed by atoms with Crippen LogP contribution in [-0.2, 0) is 19.1 Å². The highest BCUT2D eigenvalue weighted by Gasteiger charge is 2.35. The van der Waals surface area contributed by atoms with E-state index in [1.165, 1.54) is 7.11 Å². The molecule has 0 aromatic heterocycles. The van der Waals surface area contributed by atoms with Gasteiger partial charge in [-0.1, -0.05) is 0 Å². The van der Waals surface area contributed by atoms with Gasteiger partial charge in [0.2, 0.25) is 0 Å². The molecule has 8 heteroatoms. The fourth-order valence-electron chi connectivity index (χ4n) is 2.08. The predicted molar refractivity (Wildman–Crippen MR) is 72.8 cm³/mol. The van der Waals surface area contributed by atoms with Crippen molar-refractivity contribution in [3.63, 3.8) is 0 Å². The van der Waals surface area contributed by atoms with Crippen LogP contribution in [0.2, 0.25) is 0 Å². The molecule has 21 heavy (non-hydrogen) atoms. The maximum atomic E-state index is 12.2. The zero-order valence-corrected chi connectivity index (χ0v) is 12.5. The second-order valence-corrected chi connectivity index (χ2v) is 5.47. The third kappa shape index (κ3) is 4.89. The summed E-state index contributed by atoms with van der Waals surface area (Å²) in [5.41, 5.74) is -0.506. The number of hydrogen-bond acceptors (Lipinski definition) is 5. The van der Waals surface area contributed by atoms with E-state index in [2.05, 4.69) is 10.1 Å². The van der Waals surface area contributed by atoms with E-state index in [1.807, 2.05) is 13.8 Å². The number of carboxylic acids is 1. The lowest BCUT2D eigenvalue weighted by Gasteiger charge is -2.42. The van der Waals surface area contributed by atoms with E-state index in [-0.39, 0.29) is 12.8 Å². The van der Waals surface area contributed by atoms with Crippen LogP contribution in [0.1, 0.15) is 26.7 Å². The molecule has 1 fully saturated rings. The molecule has 2 amide bonds. The fraction of sp³-hybridized carbons (Fsp3) is 0.769. The Labute approximate surface area is 123 Å². The van der Waals surface area contributed by atoms with Gasteiger partial charge in [-0.05, 0) is 20.3 Å². The van der Waals surface area contributed by atoms with E-state index >= 15 is 0 Å². The summed E-state index contributed by atoms with van der Waals surface area (Å²) in [5.74, 6) is -1.69. The summed E-state index contributed by atoms with van der Waals surface area (Å²) < 4.78 is 9.78. The van der Waals surface area contributed by atoms with Crippen molar-refractivity contribution in [3.8, 4) is 0 Å². The number of carbonyl (C=O) groups excluding carboxylic acids is 2. The molecule has 120 valence electrons. The number of ether oxygens (including phenoxy) is 2. The van der Waals surface area contributed by atoms with Crippen LogP contribution < -0.4 is 5.32 Å². The highest BCUT2D eigenvalue weighted by atomic mass is 16.5. The summed E-state index contributed by atoms with van der Waals surface area (Å²) in [6.07, 6.45) is -0.0846. The Balaban J connectivity index is 2.63. The van der Waals surface area contributed by atoms with Crippen molar-refractivity contribution in [1.29, 1.82) is 0 Å². The first-order chi connectivity index (χ1) is 9.77. The molecule has 0 unspecified atom stereocenters. The Morgan fingerprint density at radius 2 is 2.10 bits per heavy atom. The largest absolute Gasteiger partial charge is 0.480 e. The third-order valence-corrected chi connectivity index (χ3v) is 3.35. The molecule has 1 aliphatic rings. The number of morpholine rings is 1. The number of methoxy groups -OCH3 is 1. The van der Waals surface area contributed by atoms with E-state index in [4.69, 9.17) is 9.84 Å². The first-order valence-electron chi connectivity index (χ1n) is 6.73. The molecule has 0 aromatic rings. The van der Waals surface area contributed by atoms with Crippen molar-refractivity contribution in [1.82, 2.24) is 10.2 Å². The zero-order valence-electron chi connectivity index (χ0n) is 12.5. The van der Waals surface area contributed by atoms with E-state index in [1.54, 1.807) is 4.90 Å². The van der Waals surface area contributed by atoms with E-state index < -0.39 is 29.6 Å². The zero-order chi connectivity index (χ0) is 16.0. The van der Waals surface area contributed by atoms with Crippen LogP contribution in [-0.4, -0.2) is 66.4 Å². The van der Waals surface area contributed by atoms with Gasteiger partial charge in [-0.2, -0.15) is 0 Å². The van der Waals surface area contributed by atoms with Gasteiger partial charge >= 0.3 is 18.0 Å². The second-order valence-electron chi connectivity index (χ2n) is 5.47. The topological polar surface area (TPSA) is 105 Å². The summed E-state index contributed by atoms with van der Waals surface area (Å²) in [6.45, 7) is 4.88. The van der Waals surface area contributed by atoms with Crippen LogP contribution in [0, 0.1) is 0 Å². The van der Waals surface area contributed by atoms with Gasteiger partial charge in [0.25, 0.3) is 0 Å². The lowest BCUT2D eigenvalue weighted by atomic mass is 10.0. The smallest absolute Gasteiger partial charge is 0.326 e. The number of esters is 1. The minimum absolute atomic E-state index is 0.0154. The van der Waals surface area contributed by atoms with Gasteiger partial charge in [0, 0.05) is 13.0 Å². The molecule has 2 N–H and O–H groups in total. The van der Waals surface area contributed by atoms with Crippen molar-refractivity contribution in [2.24, 2.45) is 0 Å². The van der Waals surface area contributed by atoms with E-state index in [0.29, 0.717) is 19.8 Å². The quantitative estimate of drug-likeness (QED) is 0.704. The Morgan fingerprint density at radius 3 is 2.62 bits per heavy atom. The van der Waals surface area contributed by atoms with Crippen molar-refractivity contribution >= 4 is 18.0 Å². The normalized spacial score (nSPS) is 18.7. The van der Waals surface area contributed by atoms with Gasteiger partial charge in [0.05, 0.1) is 25.9 Å². The summed E-state index contributed by atoms with van der Waals surface area (Å²) in [7, 11) is 1.23. The maximum Gasteiger partial charge on any atom is 0.326 e. The average Bonchev–Trinajstić information content (AvgIpc) is 2.41. The van der Waals surface area contributed by atoms with E-state index in [9.17, 15) is 14.4 Å². The minimum atomic E-state index is -1.18. The molecule has 8 nitrogen and oxygen atoms in total. The van der Waals surface area contributed by atoms with Gasteiger partial charge in [0.15, 0.2) is 0 Å². The Morgan fingerprint density at radius 1 is 1.43 bits per heavy atom. The maximum absolute atomic E-state index is 12.2. The lowest BCUT2D eigenvalue weighted by molar-refractivity contribution is -0.142. The Bertz CT molecular complexity index is 409. The van der Waals surface area contributed by atoms with Crippen LogP contribution in [0.25, 0.3) is 0 Å². The average molecular weight is 302 g/mol. The highest BCUT2D eigenvalue weighted by Crippen LogP contribution is 2.19. The Hall–Kier alpha value is -1.83. The number of carbonyl (C=O) groups is 3. The standard InChI is InChI=1S/C13H22N2O6/c1-13(2)8-21-7-6-15(13)12(19)14-9(11(17)18)4-5-10(16)20-3/h9H,4-8H2,1-3H3,(H,14,19)(H,17,18)/t9-/m1/s1. The van der Waals surface area contributed by atoms with E-state index in [0.717, 1.165) is 0 Å². The van der Waals surface area contributed by atoms with Gasteiger partial charge < -0.3 is 24.8 Å². The molecule has 0 radical (unpaired) electrons. The number of aliphatic carboxylic acids is 1. The number of carboxylic acid groups (broad SMARTS) is 1. The molecular weight excluding hydrogens is 280 g/mol. The first kappa shape index (κ1) is 17.2. The fourth-order valence-corrected chi connectivity index (χ4v) is 2.08. The monoisotopic (exact) mass is 302 g/mol.